The summed E-state index contributed by atoms with van der Waals surface area (Å²) >= 11 is 0. The van der Waals surface area contributed by atoms with Crippen molar-refractivity contribution in [2.45, 2.75) is 50.9 Å². The van der Waals surface area contributed by atoms with E-state index in [1.54, 1.807) is 0 Å². The van der Waals surface area contributed by atoms with Crippen LogP contribution < -0.4 is 10.5 Å². The van der Waals surface area contributed by atoms with Crippen molar-refractivity contribution in [3.8, 4) is 0 Å². The summed E-state index contributed by atoms with van der Waals surface area (Å²) in [5.41, 5.74) is 5.02. The van der Waals surface area contributed by atoms with Crippen molar-refractivity contribution in [1.82, 2.24) is 9.62 Å². The molecule has 1 aliphatic heterocycles. The van der Waals surface area contributed by atoms with Crippen LogP contribution in [0.25, 0.3) is 0 Å². The van der Waals surface area contributed by atoms with E-state index in [0.29, 0.717) is 6.04 Å². The molecule has 1 saturated heterocycles. The molecule has 1 fully saturated rings. The summed E-state index contributed by atoms with van der Waals surface area (Å²) < 4.78 is 26.2. The Morgan fingerprint density at radius 3 is 2.17 bits per heavy atom. The maximum Gasteiger partial charge on any atom is 0.236 e. The van der Waals surface area contributed by atoms with Gasteiger partial charge in [0.1, 0.15) is 0 Å². The molecule has 106 valence electrons. The highest BCUT2D eigenvalue weighted by Crippen LogP contribution is 2.14. The van der Waals surface area contributed by atoms with E-state index in [2.05, 4.69) is 23.5 Å². The minimum Gasteiger partial charge on any atom is -0.369 e. The molecular weight excluding hydrogens is 254 g/mol. The summed E-state index contributed by atoms with van der Waals surface area (Å²) in [7, 11) is -3.64. The third kappa shape index (κ3) is 3.93. The van der Waals surface area contributed by atoms with Gasteiger partial charge in [-0.3, -0.25) is 4.79 Å². The highest BCUT2D eigenvalue weighted by Gasteiger charge is 2.30. The minimum absolute atomic E-state index is 0.0909. The summed E-state index contributed by atoms with van der Waals surface area (Å²) in [4.78, 5) is 13.2. The summed E-state index contributed by atoms with van der Waals surface area (Å²) in [6.45, 7) is 7.30. The van der Waals surface area contributed by atoms with E-state index in [-0.39, 0.29) is 6.04 Å². The highest BCUT2D eigenvalue weighted by molar-refractivity contribution is 7.90. The first-order chi connectivity index (χ1) is 8.24. The fourth-order valence-electron chi connectivity index (χ4n) is 2.02. The van der Waals surface area contributed by atoms with Gasteiger partial charge in [0.05, 0.1) is 0 Å². The molecular formula is C11H23N3O3S. The van der Waals surface area contributed by atoms with E-state index in [1.807, 2.05) is 0 Å². The van der Waals surface area contributed by atoms with Crippen LogP contribution in [0.1, 0.15) is 33.6 Å². The second-order valence-corrected chi connectivity index (χ2v) is 7.14. The predicted octanol–water partition coefficient (Wildman–Crippen LogP) is -0.348. The number of primary amides is 1. The molecule has 1 amide bonds. The van der Waals surface area contributed by atoms with Crippen LogP contribution >= 0.6 is 0 Å². The topological polar surface area (TPSA) is 92.5 Å². The van der Waals surface area contributed by atoms with Crippen molar-refractivity contribution >= 4 is 15.9 Å². The second-order valence-electron chi connectivity index (χ2n) is 5.11. The van der Waals surface area contributed by atoms with Crippen LogP contribution in [0.3, 0.4) is 0 Å². The molecule has 0 aromatic rings. The number of nitrogens with zero attached hydrogens (tertiary/aromatic N) is 1. The van der Waals surface area contributed by atoms with Crippen LogP contribution in [0.5, 0.6) is 0 Å². The molecule has 0 spiro atoms. The largest absolute Gasteiger partial charge is 0.369 e. The van der Waals surface area contributed by atoms with Gasteiger partial charge in [-0.1, -0.05) is 0 Å². The van der Waals surface area contributed by atoms with Crippen LogP contribution in [-0.4, -0.2) is 49.6 Å². The number of hydrogen-bond donors (Lipinski definition) is 2. The van der Waals surface area contributed by atoms with Gasteiger partial charge in [-0.05, 0) is 46.7 Å². The Labute approximate surface area is 109 Å². The average Bonchev–Trinajstić information content (AvgIpc) is 2.28. The van der Waals surface area contributed by atoms with E-state index < -0.39 is 21.2 Å². The quantitative estimate of drug-likeness (QED) is 0.718. The predicted molar refractivity (Wildman–Crippen MR) is 70.4 cm³/mol. The maximum absolute atomic E-state index is 11.8. The number of sulfonamides is 1. The fourth-order valence-corrected chi connectivity index (χ4v) is 3.23. The molecule has 0 aromatic heterocycles. The lowest BCUT2D eigenvalue weighted by Crippen LogP contribution is -2.50. The van der Waals surface area contributed by atoms with Gasteiger partial charge in [0.15, 0.2) is 5.25 Å². The molecule has 1 heterocycles. The smallest absolute Gasteiger partial charge is 0.236 e. The maximum atomic E-state index is 11.8. The van der Waals surface area contributed by atoms with Crippen molar-refractivity contribution < 1.29 is 13.2 Å². The molecule has 0 radical (unpaired) electrons. The Bertz CT molecular complexity index is 386. The fraction of sp³-hybridized carbons (Fsp3) is 0.909. The van der Waals surface area contributed by atoms with E-state index >= 15 is 0 Å². The minimum atomic E-state index is -3.64. The zero-order chi connectivity index (χ0) is 13.9. The molecule has 1 unspecified atom stereocenters. The second kappa shape index (κ2) is 5.99. The molecule has 0 bridgehead atoms. The number of carbonyl (C=O) groups is 1. The van der Waals surface area contributed by atoms with Crippen molar-refractivity contribution in [2.75, 3.05) is 13.1 Å². The lowest BCUT2D eigenvalue weighted by atomic mass is 10.1. The van der Waals surface area contributed by atoms with Crippen LogP contribution in [0, 0.1) is 0 Å². The molecule has 7 heteroatoms. The van der Waals surface area contributed by atoms with Crippen molar-refractivity contribution in [3.05, 3.63) is 0 Å². The number of rotatable bonds is 5. The van der Waals surface area contributed by atoms with Gasteiger partial charge in [-0.15, -0.1) is 0 Å². The van der Waals surface area contributed by atoms with Crippen molar-refractivity contribution in [1.29, 1.82) is 0 Å². The molecule has 1 aliphatic rings. The van der Waals surface area contributed by atoms with E-state index in [4.69, 9.17) is 5.73 Å². The van der Waals surface area contributed by atoms with Crippen molar-refractivity contribution in [2.24, 2.45) is 5.73 Å². The highest BCUT2D eigenvalue weighted by atomic mass is 32.2. The van der Waals surface area contributed by atoms with Gasteiger partial charge in [0.25, 0.3) is 0 Å². The van der Waals surface area contributed by atoms with Gasteiger partial charge in [-0.25, -0.2) is 13.1 Å². The Kier molecular flexibility index (Phi) is 5.12. The molecule has 18 heavy (non-hydrogen) atoms. The first-order valence-electron chi connectivity index (χ1n) is 6.28. The zero-order valence-corrected chi connectivity index (χ0v) is 12.0. The van der Waals surface area contributed by atoms with Crippen LogP contribution in [0.4, 0.5) is 0 Å². The number of carbonyl (C=O) groups excluding carboxylic acids is 1. The van der Waals surface area contributed by atoms with Gasteiger partial charge in [-0.2, -0.15) is 0 Å². The first kappa shape index (κ1) is 15.4. The van der Waals surface area contributed by atoms with Crippen LogP contribution in [0.2, 0.25) is 0 Å². The SMILES string of the molecule is CC(C)N1CCC(NS(=O)(=O)C(C)C(N)=O)CC1. The molecule has 1 atom stereocenters. The van der Waals surface area contributed by atoms with E-state index in [1.165, 1.54) is 6.92 Å². The van der Waals surface area contributed by atoms with Gasteiger partial charge >= 0.3 is 0 Å². The Hall–Kier alpha value is -0.660. The summed E-state index contributed by atoms with van der Waals surface area (Å²) in [6, 6.07) is 0.388. The van der Waals surface area contributed by atoms with Crippen LogP contribution in [0.15, 0.2) is 0 Å². The first-order valence-corrected chi connectivity index (χ1v) is 7.83. The van der Waals surface area contributed by atoms with Gasteiger partial charge in [0.2, 0.25) is 15.9 Å². The monoisotopic (exact) mass is 277 g/mol. The Morgan fingerprint density at radius 2 is 1.78 bits per heavy atom. The summed E-state index contributed by atoms with van der Waals surface area (Å²) in [5.74, 6) is -0.817. The van der Waals surface area contributed by atoms with Crippen LogP contribution in [-0.2, 0) is 14.8 Å². The summed E-state index contributed by atoms with van der Waals surface area (Å²) in [5, 5.41) is -1.18. The standard InChI is InChI=1S/C11H23N3O3S/c1-8(2)14-6-4-10(5-7-14)13-18(16,17)9(3)11(12)15/h8-10,13H,4-7H2,1-3H3,(H2,12,15). The number of amides is 1. The van der Waals surface area contributed by atoms with Gasteiger partial charge < -0.3 is 10.6 Å². The molecule has 0 aliphatic carbocycles. The number of nitrogens with one attached hydrogen (secondary N) is 1. The number of likely N-dealkylation sites (tertiary alicyclic amines) is 1. The number of piperidine rings is 1. The lowest BCUT2D eigenvalue weighted by Gasteiger charge is -2.34. The Balaban J connectivity index is 2.53. The van der Waals surface area contributed by atoms with Crippen molar-refractivity contribution in [3.63, 3.8) is 0 Å². The molecule has 3 N–H and O–H groups in total. The lowest BCUT2D eigenvalue weighted by molar-refractivity contribution is -0.117. The molecule has 1 rings (SSSR count). The molecule has 0 saturated carbocycles. The zero-order valence-electron chi connectivity index (χ0n) is 11.2. The molecule has 0 aromatic carbocycles. The Morgan fingerprint density at radius 1 is 1.28 bits per heavy atom. The third-order valence-electron chi connectivity index (χ3n) is 3.46. The van der Waals surface area contributed by atoms with E-state index in [0.717, 1.165) is 25.9 Å². The third-order valence-corrected chi connectivity index (χ3v) is 5.28. The summed E-state index contributed by atoms with van der Waals surface area (Å²) in [6.07, 6.45) is 1.53. The molecule has 6 nitrogen and oxygen atoms in total. The van der Waals surface area contributed by atoms with E-state index in [9.17, 15) is 13.2 Å². The normalized spacial score (nSPS) is 21.1. The number of nitrogens with two attached hydrogens (primary N) is 1. The average molecular weight is 277 g/mol. The van der Waals surface area contributed by atoms with Gasteiger partial charge in [0, 0.05) is 12.1 Å². The number of hydrogen-bond acceptors (Lipinski definition) is 4.